The molecule has 1 aromatic carbocycles. The maximum Gasteiger partial charge on any atom is 0.333 e. The largest absolute Gasteiger partial charge is 0.479 e. The summed E-state index contributed by atoms with van der Waals surface area (Å²) in [6, 6.07) is 6.03. The molecule has 0 heterocycles. The molecule has 0 aliphatic heterocycles. The predicted molar refractivity (Wildman–Crippen MR) is 68.0 cm³/mol. The van der Waals surface area contributed by atoms with Crippen LogP contribution in [0.5, 0.6) is 0 Å². The molecule has 0 aliphatic rings. The first-order valence-corrected chi connectivity index (χ1v) is 7.05. The summed E-state index contributed by atoms with van der Waals surface area (Å²) in [7, 11) is -3.78. The summed E-state index contributed by atoms with van der Waals surface area (Å²) in [4.78, 5) is 10.3. The van der Waals surface area contributed by atoms with Crippen LogP contribution >= 0.6 is 22.6 Å². The Morgan fingerprint density at radius 1 is 1.35 bits per heavy atom. The van der Waals surface area contributed by atoms with Crippen molar-refractivity contribution < 1.29 is 23.4 Å². The van der Waals surface area contributed by atoms with Gasteiger partial charge in [0.25, 0.3) is 0 Å². The summed E-state index contributed by atoms with van der Waals surface area (Å²) in [6.07, 6.45) is -1.76. The second-order valence-electron chi connectivity index (χ2n) is 3.16. The first-order valence-electron chi connectivity index (χ1n) is 4.49. The van der Waals surface area contributed by atoms with E-state index in [1.54, 1.807) is 12.1 Å². The van der Waals surface area contributed by atoms with Gasteiger partial charge in [-0.05, 0) is 46.9 Å². The van der Waals surface area contributed by atoms with Gasteiger partial charge >= 0.3 is 5.97 Å². The maximum atomic E-state index is 11.7. The molecule has 17 heavy (non-hydrogen) atoms. The molecule has 0 saturated carbocycles. The Hall–Kier alpha value is -0.710. The Morgan fingerprint density at radius 3 is 2.35 bits per heavy atom. The van der Waals surface area contributed by atoms with Crippen molar-refractivity contribution in [1.29, 1.82) is 0 Å². The highest BCUT2D eigenvalue weighted by Gasteiger charge is 2.19. The van der Waals surface area contributed by atoms with E-state index in [0.717, 1.165) is 3.57 Å². The number of hydrogen-bond donors (Lipinski definition) is 3. The smallest absolute Gasteiger partial charge is 0.333 e. The zero-order valence-corrected chi connectivity index (χ0v) is 11.5. The van der Waals surface area contributed by atoms with E-state index in [0.29, 0.717) is 0 Å². The standard InChI is InChI=1S/C9H10INO5S/c10-6-1-3-7(4-2-6)17(15,16)11-5-8(12)9(13)14/h1-4,8,11-12H,5H2,(H,13,14)/t8-/m0/s1. The Morgan fingerprint density at radius 2 is 1.88 bits per heavy atom. The number of rotatable bonds is 5. The minimum absolute atomic E-state index is 0.0236. The van der Waals surface area contributed by atoms with Gasteiger partial charge in [-0.2, -0.15) is 0 Å². The third-order valence-corrected chi connectivity index (χ3v) is 4.03. The second-order valence-corrected chi connectivity index (χ2v) is 6.17. The van der Waals surface area contributed by atoms with Crippen molar-refractivity contribution in [2.45, 2.75) is 11.0 Å². The van der Waals surface area contributed by atoms with Crippen LogP contribution in [0, 0.1) is 3.57 Å². The predicted octanol–water partition coefficient (Wildman–Crippen LogP) is 0.0150. The fourth-order valence-corrected chi connectivity index (χ4v) is 2.37. The third kappa shape index (κ3) is 4.22. The average molecular weight is 371 g/mol. The minimum Gasteiger partial charge on any atom is -0.479 e. The van der Waals surface area contributed by atoms with Gasteiger partial charge in [0.2, 0.25) is 10.0 Å². The Labute approximate surface area is 112 Å². The van der Waals surface area contributed by atoms with Crippen LogP contribution in [0.2, 0.25) is 0 Å². The van der Waals surface area contributed by atoms with Crippen LogP contribution in [0.4, 0.5) is 0 Å². The van der Waals surface area contributed by atoms with E-state index in [4.69, 9.17) is 10.2 Å². The zero-order chi connectivity index (χ0) is 13.1. The average Bonchev–Trinajstić information content (AvgIpc) is 2.26. The molecule has 1 atom stereocenters. The quantitative estimate of drug-likeness (QED) is 0.633. The van der Waals surface area contributed by atoms with Crippen LogP contribution in [-0.2, 0) is 14.8 Å². The number of carboxylic acid groups (broad SMARTS) is 1. The first kappa shape index (κ1) is 14.4. The van der Waals surface area contributed by atoms with Crippen LogP contribution in [-0.4, -0.2) is 37.2 Å². The molecule has 0 saturated heterocycles. The summed E-state index contributed by atoms with van der Waals surface area (Å²) in [5.74, 6) is -1.48. The van der Waals surface area contributed by atoms with Crippen molar-refractivity contribution in [3.05, 3.63) is 27.8 Å². The number of halogens is 1. The summed E-state index contributed by atoms with van der Waals surface area (Å²) in [5, 5.41) is 17.4. The summed E-state index contributed by atoms with van der Waals surface area (Å²) in [5.41, 5.74) is 0. The molecule has 0 aliphatic carbocycles. The van der Waals surface area contributed by atoms with E-state index < -0.39 is 28.6 Å². The van der Waals surface area contributed by atoms with Crippen LogP contribution in [0.3, 0.4) is 0 Å². The number of carbonyl (C=O) groups is 1. The number of carboxylic acids is 1. The molecule has 1 aromatic rings. The third-order valence-electron chi connectivity index (χ3n) is 1.88. The number of hydrogen-bond acceptors (Lipinski definition) is 4. The van der Waals surface area contributed by atoms with Crippen LogP contribution in [0.15, 0.2) is 29.2 Å². The van der Waals surface area contributed by atoms with Gasteiger partial charge in [0, 0.05) is 10.1 Å². The summed E-state index contributed by atoms with van der Waals surface area (Å²) < 4.78 is 26.2. The van der Waals surface area contributed by atoms with Gasteiger partial charge in [-0.1, -0.05) is 0 Å². The van der Waals surface area contributed by atoms with Gasteiger partial charge in [-0.25, -0.2) is 17.9 Å². The van der Waals surface area contributed by atoms with Gasteiger partial charge in [0.05, 0.1) is 4.90 Å². The van der Waals surface area contributed by atoms with Crippen molar-refractivity contribution in [2.24, 2.45) is 0 Å². The molecule has 0 unspecified atom stereocenters. The molecule has 1 rings (SSSR count). The molecule has 3 N–H and O–H groups in total. The Kier molecular flexibility index (Phi) is 4.86. The Bertz CT molecular complexity index is 499. The highest BCUT2D eigenvalue weighted by atomic mass is 127. The fraction of sp³-hybridized carbons (Fsp3) is 0.222. The lowest BCUT2D eigenvalue weighted by Gasteiger charge is -2.08. The molecule has 0 amide bonds. The zero-order valence-electron chi connectivity index (χ0n) is 8.50. The summed E-state index contributed by atoms with van der Waals surface area (Å²) in [6.45, 7) is -0.566. The van der Waals surface area contributed by atoms with Gasteiger partial charge in [-0.15, -0.1) is 0 Å². The fourth-order valence-electron chi connectivity index (χ4n) is 0.973. The number of sulfonamides is 1. The van der Waals surface area contributed by atoms with Gasteiger partial charge in [-0.3, -0.25) is 0 Å². The normalized spacial score (nSPS) is 13.3. The molecule has 0 radical (unpaired) electrons. The maximum absolute atomic E-state index is 11.7. The molecule has 6 nitrogen and oxygen atoms in total. The molecule has 94 valence electrons. The first-order chi connectivity index (χ1) is 7.83. The molecule has 0 fully saturated rings. The van der Waals surface area contributed by atoms with Crippen molar-refractivity contribution in [1.82, 2.24) is 4.72 Å². The molecule has 0 aromatic heterocycles. The van der Waals surface area contributed by atoms with E-state index in [9.17, 15) is 13.2 Å². The number of aliphatic carboxylic acids is 1. The van der Waals surface area contributed by atoms with E-state index in [1.165, 1.54) is 12.1 Å². The highest BCUT2D eigenvalue weighted by molar-refractivity contribution is 14.1. The molecular formula is C9H10INO5S. The van der Waals surface area contributed by atoms with Crippen LogP contribution in [0.25, 0.3) is 0 Å². The van der Waals surface area contributed by atoms with Crippen molar-refractivity contribution in [3.8, 4) is 0 Å². The van der Waals surface area contributed by atoms with Gasteiger partial charge in [0.1, 0.15) is 0 Å². The lowest BCUT2D eigenvalue weighted by molar-refractivity contribution is -0.146. The molecule has 8 heteroatoms. The van der Waals surface area contributed by atoms with Crippen LogP contribution < -0.4 is 4.72 Å². The van der Waals surface area contributed by atoms with E-state index >= 15 is 0 Å². The minimum atomic E-state index is -3.78. The van der Waals surface area contributed by atoms with Crippen molar-refractivity contribution >= 4 is 38.6 Å². The van der Waals surface area contributed by atoms with Crippen molar-refractivity contribution in [3.63, 3.8) is 0 Å². The Balaban J connectivity index is 2.76. The van der Waals surface area contributed by atoms with Crippen molar-refractivity contribution in [2.75, 3.05) is 6.54 Å². The highest BCUT2D eigenvalue weighted by Crippen LogP contribution is 2.11. The molecule has 0 bridgehead atoms. The lowest BCUT2D eigenvalue weighted by atomic mass is 10.4. The number of nitrogens with one attached hydrogen (secondary N) is 1. The number of aliphatic hydroxyl groups is 1. The summed E-state index contributed by atoms with van der Waals surface area (Å²) >= 11 is 2.03. The van der Waals surface area contributed by atoms with E-state index in [-0.39, 0.29) is 4.90 Å². The van der Waals surface area contributed by atoms with Gasteiger partial charge in [0.15, 0.2) is 6.10 Å². The molecule has 0 spiro atoms. The van der Waals surface area contributed by atoms with E-state index in [2.05, 4.69) is 0 Å². The van der Waals surface area contributed by atoms with Gasteiger partial charge < -0.3 is 10.2 Å². The topological polar surface area (TPSA) is 104 Å². The van der Waals surface area contributed by atoms with E-state index in [1.807, 2.05) is 27.3 Å². The van der Waals surface area contributed by atoms with Crippen LogP contribution in [0.1, 0.15) is 0 Å². The monoisotopic (exact) mass is 371 g/mol. The molecular weight excluding hydrogens is 361 g/mol. The number of benzene rings is 1. The SMILES string of the molecule is O=C(O)[C@@H](O)CNS(=O)(=O)c1ccc(I)cc1. The number of aliphatic hydroxyl groups excluding tert-OH is 1. The second kappa shape index (κ2) is 5.76. The lowest BCUT2D eigenvalue weighted by Crippen LogP contribution is -2.36.